The number of rotatable bonds is 5. The SMILES string of the molecule is O=C(Nc1cc(-c2cccs2)[nH]n1)C1CCN(S(=O)(=O)c2ccccc2C(F)(F)F)CC1. The number of piperidine rings is 1. The van der Waals surface area contributed by atoms with Crippen molar-refractivity contribution in [3.8, 4) is 10.6 Å². The molecule has 2 N–H and O–H groups in total. The Morgan fingerprint density at radius 2 is 1.88 bits per heavy atom. The highest BCUT2D eigenvalue weighted by atomic mass is 32.2. The monoisotopic (exact) mass is 484 g/mol. The predicted molar refractivity (Wildman–Crippen MR) is 113 cm³/mol. The standard InChI is InChI=1S/C20H19F3N4O3S2/c21-20(22,23)14-4-1-2-6-17(14)32(29,30)27-9-7-13(8-10-27)19(28)24-18-12-15(25-26-18)16-5-3-11-31-16/h1-6,11-13H,7-10H2,(H2,24,25,26,28). The van der Waals surface area contributed by atoms with Crippen molar-refractivity contribution in [1.29, 1.82) is 0 Å². The lowest BCUT2D eigenvalue weighted by atomic mass is 9.97. The Bertz CT molecular complexity index is 1200. The van der Waals surface area contributed by atoms with Crippen molar-refractivity contribution in [2.75, 3.05) is 18.4 Å². The number of benzene rings is 1. The van der Waals surface area contributed by atoms with Gasteiger partial charge in [-0.05, 0) is 36.4 Å². The van der Waals surface area contributed by atoms with Crippen molar-refractivity contribution in [3.63, 3.8) is 0 Å². The molecule has 1 fully saturated rings. The number of amides is 1. The Morgan fingerprint density at radius 3 is 2.53 bits per heavy atom. The first-order valence-corrected chi connectivity index (χ1v) is 12.0. The van der Waals surface area contributed by atoms with Crippen LogP contribution in [0.3, 0.4) is 0 Å². The molecule has 0 aliphatic carbocycles. The molecule has 32 heavy (non-hydrogen) atoms. The molecule has 1 aliphatic rings. The molecule has 1 aromatic carbocycles. The molecule has 1 aliphatic heterocycles. The van der Waals surface area contributed by atoms with Crippen LogP contribution in [0, 0.1) is 5.92 Å². The van der Waals surface area contributed by atoms with E-state index in [-0.39, 0.29) is 31.8 Å². The summed E-state index contributed by atoms with van der Waals surface area (Å²) in [5, 5.41) is 11.6. The molecule has 0 radical (unpaired) electrons. The van der Waals surface area contributed by atoms with Crippen molar-refractivity contribution in [3.05, 3.63) is 53.4 Å². The molecule has 1 saturated heterocycles. The molecule has 0 atom stereocenters. The van der Waals surface area contributed by atoms with Crippen LogP contribution in [0.25, 0.3) is 10.6 Å². The number of hydrogen-bond donors (Lipinski definition) is 2. The van der Waals surface area contributed by atoms with Crippen LogP contribution >= 0.6 is 11.3 Å². The third-order valence-corrected chi connectivity index (χ3v) is 8.11. The zero-order valence-corrected chi connectivity index (χ0v) is 18.2. The van der Waals surface area contributed by atoms with Gasteiger partial charge in [-0.15, -0.1) is 11.3 Å². The molecule has 3 aromatic rings. The van der Waals surface area contributed by atoms with Crippen molar-refractivity contribution in [1.82, 2.24) is 14.5 Å². The maximum Gasteiger partial charge on any atom is 0.417 e. The largest absolute Gasteiger partial charge is 0.417 e. The van der Waals surface area contributed by atoms with Gasteiger partial charge >= 0.3 is 6.18 Å². The summed E-state index contributed by atoms with van der Waals surface area (Å²) in [7, 11) is -4.34. The van der Waals surface area contributed by atoms with E-state index in [0.29, 0.717) is 5.82 Å². The second-order valence-electron chi connectivity index (χ2n) is 7.31. The third-order valence-electron chi connectivity index (χ3n) is 5.25. The van der Waals surface area contributed by atoms with Crippen LogP contribution in [0.4, 0.5) is 19.0 Å². The maximum atomic E-state index is 13.3. The van der Waals surface area contributed by atoms with Gasteiger partial charge in [0.05, 0.1) is 21.0 Å². The van der Waals surface area contributed by atoms with Gasteiger partial charge in [-0.2, -0.15) is 22.6 Å². The van der Waals surface area contributed by atoms with Crippen LogP contribution in [0.15, 0.2) is 52.7 Å². The second-order valence-corrected chi connectivity index (χ2v) is 10.2. The van der Waals surface area contributed by atoms with Crippen molar-refractivity contribution < 1.29 is 26.4 Å². The van der Waals surface area contributed by atoms with Gasteiger partial charge in [0.15, 0.2) is 5.82 Å². The molecular formula is C20H19F3N4O3S2. The van der Waals surface area contributed by atoms with Crippen LogP contribution in [0.5, 0.6) is 0 Å². The topological polar surface area (TPSA) is 95.2 Å². The van der Waals surface area contributed by atoms with E-state index in [9.17, 15) is 26.4 Å². The maximum absolute atomic E-state index is 13.3. The molecule has 0 spiro atoms. The number of sulfonamides is 1. The fraction of sp³-hybridized carbons (Fsp3) is 0.300. The fourth-order valence-corrected chi connectivity index (χ4v) is 5.97. The first-order chi connectivity index (χ1) is 15.2. The zero-order valence-electron chi connectivity index (χ0n) is 16.6. The van der Waals surface area contributed by atoms with E-state index in [2.05, 4.69) is 15.5 Å². The molecular weight excluding hydrogens is 465 g/mol. The summed E-state index contributed by atoms with van der Waals surface area (Å²) in [6, 6.07) is 9.64. The molecule has 0 unspecified atom stereocenters. The number of carbonyl (C=O) groups excluding carboxylic acids is 1. The number of carbonyl (C=O) groups is 1. The molecule has 7 nitrogen and oxygen atoms in total. The minimum atomic E-state index is -4.78. The van der Waals surface area contributed by atoms with E-state index in [1.54, 1.807) is 6.07 Å². The van der Waals surface area contributed by atoms with Gasteiger partial charge in [-0.1, -0.05) is 18.2 Å². The Hall–Kier alpha value is -2.70. The summed E-state index contributed by atoms with van der Waals surface area (Å²) in [5.74, 6) is -0.421. The second kappa shape index (κ2) is 8.68. The summed E-state index contributed by atoms with van der Waals surface area (Å²) in [6.45, 7) is -0.0960. The summed E-state index contributed by atoms with van der Waals surface area (Å²) < 4.78 is 66.5. The number of halogens is 3. The van der Waals surface area contributed by atoms with Gasteiger partial charge in [0.1, 0.15) is 0 Å². The molecule has 170 valence electrons. The molecule has 4 rings (SSSR count). The van der Waals surface area contributed by atoms with E-state index in [4.69, 9.17) is 0 Å². The lowest BCUT2D eigenvalue weighted by Gasteiger charge is -2.31. The van der Waals surface area contributed by atoms with Gasteiger partial charge < -0.3 is 5.32 Å². The van der Waals surface area contributed by atoms with Crippen LogP contribution in [-0.2, 0) is 21.0 Å². The van der Waals surface area contributed by atoms with Gasteiger partial charge in [-0.25, -0.2) is 8.42 Å². The van der Waals surface area contributed by atoms with Crippen molar-refractivity contribution >= 4 is 33.1 Å². The Balaban J connectivity index is 1.40. The lowest BCUT2D eigenvalue weighted by Crippen LogP contribution is -2.41. The van der Waals surface area contributed by atoms with Crippen LogP contribution in [0.2, 0.25) is 0 Å². The van der Waals surface area contributed by atoms with Gasteiger partial charge in [0, 0.05) is 25.1 Å². The van der Waals surface area contributed by atoms with Crippen molar-refractivity contribution in [2.45, 2.75) is 23.9 Å². The molecule has 3 heterocycles. The van der Waals surface area contributed by atoms with E-state index in [1.165, 1.54) is 17.4 Å². The minimum Gasteiger partial charge on any atom is -0.309 e. The number of aromatic amines is 1. The highest BCUT2D eigenvalue weighted by Crippen LogP contribution is 2.36. The number of anilines is 1. The molecule has 1 amide bonds. The summed E-state index contributed by atoms with van der Waals surface area (Å²) in [4.78, 5) is 12.8. The summed E-state index contributed by atoms with van der Waals surface area (Å²) in [6.07, 6.45) is -4.39. The fourth-order valence-electron chi connectivity index (χ4n) is 3.60. The normalized spacial score (nSPS) is 16.2. The summed E-state index contributed by atoms with van der Waals surface area (Å²) >= 11 is 1.52. The van der Waals surface area contributed by atoms with E-state index >= 15 is 0 Å². The van der Waals surface area contributed by atoms with Crippen LogP contribution < -0.4 is 5.32 Å². The summed E-state index contributed by atoms with van der Waals surface area (Å²) in [5.41, 5.74) is -0.431. The quantitative estimate of drug-likeness (QED) is 0.568. The average molecular weight is 485 g/mol. The number of hydrogen-bond acceptors (Lipinski definition) is 5. The minimum absolute atomic E-state index is 0.0480. The smallest absolute Gasteiger partial charge is 0.309 e. The third kappa shape index (κ3) is 4.57. The highest BCUT2D eigenvalue weighted by molar-refractivity contribution is 7.89. The zero-order chi connectivity index (χ0) is 22.9. The van der Waals surface area contributed by atoms with Crippen molar-refractivity contribution in [2.24, 2.45) is 5.92 Å². The van der Waals surface area contributed by atoms with E-state index < -0.39 is 32.6 Å². The number of H-pyrrole nitrogens is 1. The molecule has 12 heteroatoms. The van der Waals surface area contributed by atoms with Gasteiger partial charge in [-0.3, -0.25) is 9.89 Å². The number of nitrogens with one attached hydrogen (secondary N) is 2. The van der Waals surface area contributed by atoms with Crippen LogP contribution in [0.1, 0.15) is 18.4 Å². The van der Waals surface area contributed by atoms with Gasteiger partial charge in [0.25, 0.3) is 0 Å². The Morgan fingerprint density at radius 1 is 1.16 bits per heavy atom. The lowest BCUT2D eigenvalue weighted by molar-refractivity contribution is -0.139. The Labute approximate surface area is 186 Å². The van der Waals surface area contributed by atoms with Gasteiger partial charge in [0.2, 0.25) is 15.9 Å². The Kier molecular flexibility index (Phi) is 6.10. The molecule has 2 aromatic heterocycles. The predicted octanol–water partition coefficient (Wildman–Crippen LogP) is 4.20. The number of nitrogens with zero attached hydrogens (tertiary/aromatic N) is 2. The van der Waals surface area contributed by atoms with Crippen LogP contribution in [-0.4, -0.2) is 41.9 Å². The highest BCUT2D eigenvalue weighted by Gasteiger charge is 2.40. The number of alkyl halides is 3. The number of thiophene rings is 1. The number of aromatic nitrogens is 2. The first kappa shape index (κ1) is 22.5. The van der Waals surface area contributed by atoms with E-state index in [1.807, 2.05) is 17.5 Å². The average Bonchev–Trinajstić information content (AvgIpc) is 3.45. The first-order valence-electron chi connectivity index (χ1n) is 9.73. The molecule has 0 bridgehead atoms. The van der Waals surface area contributed by atoms with E-state index in [0.717, 1.165) is 33.1 Å². The molecule has 0 saturated carbocycles.